The third kappa shape index (κ3) is 6.92. The van der Waals surface area contributed by atoms with Gasteiger partial charge in [0.15, 0.2) is 0 Å². The maximum absolute atomic E-state index is 12.1. The fourth-order valence-corrected chi connectivity index (χ4v) is 3.57. The van der Waals surface area contributed by atoms with Crippen LogP contribution in [0.1, 0.15) is 51.9 Å². The minimum absolute atomic E-state index is 0.00487. The molecule has 2 amide bonds. The zero-order chi connectivity index (χ0) is 18.1. The molecule has 2 fully saturated rings. The largest absolute Gasteiger partial charge is 0.394 e. The van der Waals surface area contributed by atoms with Crippen LogP contribution in [0.25, 0.3) is 0 Å². The second-order valence-electron chi connectivity index (χ2n) is 7.04. The number of hydrogen-bond acceptors (Lipinski definition) is 5. The summed E-state index contributed by atoms with van der Waals surface area (Å²) < 4.78 is 5.82. The molecule has 0 aromatic heterocycles. The molecule has 2 heterocycles. The van der Waals surface area contributed by atoms with E-state index in [-0.39, 0.29) is 30.6 Å². The normalized spacial score (nSPS) is 27.7. The third-order valence-electron chi connectivity index (χ3n) is 5.08. The molecule has 0 aliphatic carbocycles. The van der Waals surface area contributed by atoms with Gasteiger partial charge in [-0.1, -0.05) is 13.3 Å². The predicted molar refractivity (Wildman–Crippen MR) is 95.1 cm³/mol. The van der Waals surface area contributed by atoms with E-state index >= 15 is 0 Å². The topological polar surface area (TPSA) is 90.9 Å². The summed E-state index contributed by atoms with van der Waals surface area (Å²) in [7, 11) is 0. The van der Waals surface area contributed by atoms with Crippen molar-refractivity contribution in [2.24, 2.45) is 0 Å². The van der Waals surface area contributed by atoms with Crippen LogP contribution in [0.5, 0.6) is 0 Å². The van der Waals surface area contributed by atoms with Crippen molar-refractivity contribution in [2.45, 2.75) is 70.1 Å². The molecule has 0 bridgehead atoms. The number of nitrogens with zero attached hydrogens (tertiary/aromatic N) is 1. The number of aliphatic hydroxyl groups excluding tert-OH is 1. The summed E-state index contributed by atoms with van der Waals surface area (Å²) in [5.74, 6) is -0.0456. The van der Waals surface area contributed by atoms with Gasteiger partial charge >= 0.3 is 0 Å². The molecule has 0 saturated carbocycles. The highest BCUT2D eigenvalue weighted by Gasteiger charge is 2.32. The molecule has 0 unspecified atom stereocenters. The molecule has 2 aliphatic heterocycles. The van der Waals surface area contributed by atoms with Crippen molar-refractivity contribution in [2.75, 3.05) is 32.8 Å². The molecule has 144 valence electrons. The number of rotatable bonds is 8. The van der Waals surface area contributed by atoms with Crippen LogP contribution in [0, 0.1) is 0 Å². The summed E-state index contributed by atoms with van der Waals surface area (Å²) in [5, 5.41) is 15.4. The zero-order valence-electron chi connectivity index (χ0n) is 15.3. The fraction of sp³-hybridized carbons (Fsp3) is 0.889. The van der Waals surface area contributed by atoms with Crippen molar-refractivity contribution in [1.82, 2.24) is 15.5 Å². The molecule has 0 aromatic rings. The quantitative estimate of drug-likeness (QED) is 0.587. The zero-order valence-corrected chi connectivity index (χ0v) is 15.3. The van der Waals surface area contributed by atoms with Crippen LogP contribution in [0.3, 0.4) is 0 Å². The Labute approximate surface area is 150 Å². The molecule has 2 aliphatic rings. The summed E-state index contributed by atoms with van der Waals surface area (Å²) in [5.41, 5.74) is 0. The Morgan fingerprint density at radius 3 is 2.60 bits per heavy atom. The summed E-state index contributed by atoms with van der Waals surface area (Å²) in [6.07, 6.45) is 5.35. The molecule has 2 saturated heterocycles. The number of piperidine rings is 1. The molecule has 3 atom stereocenters. The first-order valence-corrected chi connectivity index (χ1v) is 9.67. The summed E-state index contributed by atoms with van der Waals surface area (Å²) in [4.78, 5) is 26.0. The monoisotopic (exact) mass is 355 g/mol. The van der Waals surface area contributed by atoms with Gasteiger partial charge in [-0.3, -0.25) is 9.59 Å². The van der Waals surface area contributed by atoms with Gasteiger partial charge in [0.2, 0.25) is 11.8 Å². The number of nitrogens with one attached hydrogen (secondary N) is 2. The number of likely N-dealkylation sites (tertiary alicyclic amines) is 1. The van der Waals surface area contributed by atoms with Crippen LogP contribution in [0.15, 0.2) is 0 Å². The Bertz CT molecular complexity index is 427. The van der Waals surface area contributed by atoms with E-state index in [4.69, 9.17) is 4.74 Å². The van der Waals surface area contributed by atoms with Gasteiger partial charge in [0.1, 0.15) is 6.10 Å². The van der Waals surface area contributed by atoms with Crippen LogP contribution in [0.4, 0.5) is 0 Å². The lowest BCUT2D eigenvalue weighted by Crippen LogP contribution is -2.51. The maximum Gasteiger partial charge on any atom is 0.222 e. The van der Waals surface area contributed by atoms with E-state index in [1.807, 2.05) is 0 Å². The highest BCUT2D eigenvalue weighted by molar-refractivity contribution is 5.76. The number of carbonyl (C=O) groups is 2. The second-order valence-corrected chi connectivity index (χ2v) is 7.04. The van der Waals surface area contributed by atoms with Gasteiger partial charge in [-0.15, -0.1) is 0 Å². The van der Waals surface area contributed by atoms with E-state index in [9.17, 15) is 14.7 Å². The summed E-state index contributed by atoms with van der Waals surface area (Å²) in [6.45, 7) is 5.48. The Morgan fingerprint density at radius 2 is 1.92 bits per heavy atom. The predicted octanol–water partition coefficient (Wildman–Crippen LogP) is 0.413. The lowest BCUT2D eigenvalue weighted by atomic mass is 9.97. The van der Waals surface area contributed by atoms with Gasteiger partial charge in [-0.2, -0.15) is 0 Å². The van der Waals surface area contributed by atoms with Crippen molar-refractivity contribution in [3.8, 4) is 0 Å². The SMILES string of the molecule is CCC(=O)N[C@@H]1CC[C@H](CC(=O)NCCN2CCCCC2)O[C@H]1CO. The highest BCUT2D eigenvalue weighted by Crippen LogP contribution is 2.22. The van der Waals surface area contributed by atoms with E-state index in [2.05, 4.69) is 15.5 Å². The average molecular weight is 355 g/mol. The summed E-state index contributed by atoms with van der Waals surface area (Å²) >= 11 is 0. The smallest absolute Gasteiger partial charge is 0.222 e. The van der Waals surface area contributed by atoms with Gasteiger partial charge in [0.05, 0.1) is 25.2 Å². The molecule has 2 rings (SSSR count). The molecule has 7 heteroatoms. The first-order chi connectivity index (χ1) is 12.1. The fourth-order valence-electron chi connectivity index (χ4n) is 3.57. The van der Waals surface area contributed by atoms with Crippen molar-refractivity contribution in [3.63, 3.8) is 0 Å². The van der Waals surface area contributed by atoms with Gasteiger partial charge in [-0.25, -0.2) is 0 Å². The van der Waals surface area contributed by atoms with Crippen molar-refractivity contribution in [3.05, 3.63) is 0 Å². The first-order valence-electron chi connectivity index (χ1n) is 9.67. The van der Waals surface area contributed by atoms with E-state index < -0.39 is 6.10 Å². The first kappa shape index (κ1) is 20.1. The Kier molecular flexibility index (Phi) is 8.64. The minimum Gasteiger partial charge on any atom is -0.394 e. The van der Waals surface area contributed by atoms with Crippen LogP contribution in [-0.4, -0.2) is 72.9 Å². The van der Waals surface area contributed by atoms with Gasteiger partial charge < -0.3 is 25.4 Å². The van der Waals surface area contributed by atoms with Crippen LogP contribution in [0.2, 0.25) is 0 Å². The summed E-state index contributed by atoms with van der Waals surface area (Å²) in [6, 6.07) is -0.170. The standard InChI is InChI=1S/C18H33N3O4/c1-2-17(23)20-15-7-6-14(25-16(15)13-22)12-18(24)19-8-11-21-9-4-3-5-10-21/h14-16,22H,2-13H2,1H3,(H,19,24)(H,20,23)/t14-,15-,16+/m1/s1. The average Bonchev–Trinajstić information content (AvgIpc) is 2.63. The van der Waals surface area contributed by atoms with Crippen LogP contribution in [-0.2, 0) is 14.3 Å². The third-order valence-corrected chi connectivity index (χ3v) is 5.08. The van der Waals surface area contributed by atoms with E-state index in [0.29, 0.717) is 25.8 Å². The Morgan fingerprint density at radius 1 is 1.16 bits per heavy atom. The van der Waals surface area contributed by atoms with Crippen LogP contribution < -0.4 is 10.6 Å². The number of aliphatic hydroxyl groups is 1. The number of carbonyl (C=O) groups excluding carboxylic acids is 2. The highest BCUT2D eigenvalue weighted by atomic mass is 16.5. The molecule has 0 radical (unpaired) electrons. The van der Waals surface area contributed by atoms with Crippen molar-refractivity contribution >= 4 is 11.8 Å². The Hall–Kier alpha value is -1.18. The van der Waals surface area contributed by atoms with Gasteiger partial charge in [0.25, 0.3) is 0 Å². The molecule has 0 spiro atoms. The van der Waals surface area contributed by atoms with Crippen LogP contribution >= 0.6 is 0 Å². The second kappa shape index (κ2) is 10.7. The number of hydrogen-bond donors (Lipinski definition) is 3. The Balaban J connectivity index is 1.66. The van der Waals surface area contributed by atoms with Gasteiger partial charge in [-0.05, 0) is 38.8 Å². The minimum atomic E-state index is -0.435. The van der Waals surface area contributed by atoms with E-state index in [1.165, 1.54) is 19.3 Å². The number of amides is 2. The van der Waals surface area contributed by atoms with E-state index in [1.54, 1.807) is 6.92 Å². The molecular formula is C18H33N3O4. The molecular weight excluding hydrogens is 322 g/mol. The molecule has 25 heavy (non-hydrogen) atoms. The van der Waals surface area contributed by atoms with E-state index in [0.717, 1.165) is 26.1 Å². The van der Waals surface area contributed by atoms with Gasteiger partial charge in [0, 0.05) is 19.5 Å². The molecule has 3 N–H and O–H groups in total. The molecule has 7 nitrogen and oxygen atoms in total. The van der Waals surface area contributed by atoms with Crippen molar-refractivity contribution in [1.29, 1.82) is 0 Å². The number of ether oxygens (including phenoxy) is 1. The molecule has 0 aromatic carbocycles. The maximum atomic E-state index is 12.1. The van der Waals surface area contributed by atoms with Crippen molar-refractivity contribution < 1.29 is 19.4 Å². The lowest BCUT2D eigenvalue weighted by molar-refractivity contribution is -0.135. The lowest BCUT2D eigenvalue weighted by Gasteiger charge is -2.36.